The maximum absolute atomic E-state index is 5.49. The first-order valence-corrected chi connectivity index (χ1v) is 4.52. The fourth-order valence-corrected chi connectivity index (χ4v) is 1.01. The summed E-state index contributed by atoms with van der Waals surface area (Å²) in [5, 5.41) is 0. The van der Waals surface area contributed by atoms with Crippen LogP contribution in [0.4, 0.5) is 0 Å². The third kappa shape index (κ3) is 7.65. The third-order valence-electron chi connectivity index (χ3n) is 1.70. The molecule has 1 rings (SSSR count). The predicted octanol–water partition coefficient (Wildman–Crippen LogP) is -0.321. The van der Waals surface area contributed by atoms with Crippen LogP contribution in [0, 0.1) is 6.07 Å². The second-order valence-corrected chi connectivity index (χ2v) is 2.79. The van der Waals surface area contributed by atoms with Crippen LogP contribution in [0.5, 0.6) is 5.75 Å². The number of ether oxygens (including phenoxy) is 1. The van der Waals surface area contributed by atoms with E-state index in [1.165, 1.54) is 12.8 Å². The van der Waals surface area contributed by atoms with Gasteiger partial charge in [-0.05, 0) is 6.42 Å². The first kappa shape index (κ1) is 16.7. The van der Waals surface area contributed by atoms with Crippen LogP contribution in [0.25, 0.3) is 0 Å². The maximum Gasteiger partial charge on any atom is 2.00 e. The summed E-state index contributed by atoms with van der Waals surface area (Å²) in [4.78, 5) is 0. The van der Waals surface area contributed by atoms with Crippen LogP contribution in [-0.4, -0.2) is 29.7 Å². The van der Waals surface area contributed by atoms with E-state index in [2.05, 4.69) is 13.0 Å². The molecule has 0 aliphatic heterocycles. The molecule has 0 aliphatic rings. The van der Waals surface area contributed by atoms with Gasteiger partial charge in [-0.15, -0.1) is 12.1 Å². The van der Waals surface area contributed by atoms with Crippen LogP contribution in [0.3, 0.4) is 0 Å². The molecule has 14 heavy (non-hydrogen) atoms. The van der Waals surface area contributed by atoms with E-state index in [9.17, 15) is 0 Å². The Hall–Kier alpha value is 0.266. The van der Waals surface area contributed by atoms with Gasteiger partial charge in [0.05, 0.1) is 6.61 Å². The molecular weight excluding hydrogens is 252 g/mol. The summed E-state index contributed by atoms with van der Waals surface area (Å²) in [6, 6.07) is 10.6. The predicted molar refractivity (Wildman–Crippen MR) is 56.1 cm³/mol. The van der Waals surface area contributed by atoms with Gasteiger partial charge >= 0.3 is 23.1 Å². The van der Waals surface area contributed by atoms with Crippen molar-refractivity contribution in [3.05, 3.63) is 30.3 Å². The quantitative estimate of drug-likeness (QED) is 0.404. The first-order valence-electron chi connectivity index (χ1n) is 4.52. The van der Waals surface area contributed by atoms with Crippen molar-refractivity contribution < 1.29 is 21.7 Å². The normalized spacial score (nSPS) is 8.36. The molecule has 0 N–H and O–H groups in total. The minimum Gasteiger partial charge on any atom is -1.00 e. The van der Waals surface area contributed by atoms with E-state index in [4.69, 9.17) is 4.74 Å². The van der Waals surface area contributed by atoms with Crippen LogP contribution in [0.1, 0.15) is 26.2 Å². The zero-order chi connectivity index (χ0) is 8.65. The van der Waals surface area contributed by atoms with Gasteiger partial charge in [0.15, 0.2) is 0 Å². The van der Waals surface area contributed by atoms with Crippen molar-refractivity contribution in [2.24, 2.45) is 0 Å². The Morgan fingerprint density at radius 3 is 2.43 bits per heavy atom. The van der Waals surface area contributed by atoms with E-state index in [0.29, 0.717) is 0 Å². The van der Waals surface area contributed by atoms with Gasteiger partial charge < -0.3 is 21.7 Å². The zero-order valence-electron chi connectivity index (χ0n) is 8.63. The molecule has 0 amide bonds. The summed E-state index contributed by atoms with van der Waals surface area (Å²) in [5.41, 5.74) is 0. The van der Waals surface area contributed by atoms with Crippen molar-refractivity contribution >= 4 is 23.1 Å². The monoisotopic (exact) mass is 266 g/mol. The van der Waals surface area contributed by atoms with Gasteiger partial charge in [-0.3, -0.25) is 0 Å². The molecule has 0 aliphatic carbocycles. The third-order valence-corrected chi connectivity index (χ3v) is 1.70. The van der Waals surface area contributed by atoms with Crippen molar-refractivity contribution in [2.75, 3.05) is 6.61 Å². The van der Waals surface area contributed by atoms with E-state index in [-0.39, 0.29) is 40.0 Å². The van der Waals surface area contributed by atoms with E-state index in [0.717, 1.165) is 18.8 Å². The molecule has 0 heterocycles. The van der Waals surface area contributed by atoms with Crippen molar-refractivity contribution in [1.29, 1.82) is 0 Å². The van der Waals surface area contributed by atoms with Crippen LogP contribution in [0.15, 0.2) is 24.3 Å². The van der Waals surface area contributed by atoms with Crippen LogP contribution in [0.2, 0.25) is 0 Å². The molecule has 0 saturated heterocycles. The van der Waals surface area contributed by atoms with Gasteiger partial charge in [0.1, 0.15) is 0 Å². The summed E-state index contributed by atoms with van der Waals surface area (Å²) in [7, 11) is 0. The molecule has 1 nitrogen and oxygen atoms in total. The Morgan fingerprint density at radius 1 is 1.21 bits per heavy atom. The second kappa shape index (κ2) is 11.3. The first-order chi connectivity index (χ1) is 5.93. The zero-order valence-corrected chi connectivity index (χ0v) is 11.6. The van der Waals surface area contributed by atoms with Crippen LogP contribution in [-0.2, 0) is 0 Å². The fourth-order valence-electron chi connectivity index (χ4n) is 1.01. The van der Waals surface area contributed by atoms with Crippen molar-refractivity contribution in [2.45, 2.75) is 26.2 Å². The summed E-state index contributed by atoms with van der Waals surface area (Å²) >= 11 is 0. The number of hydrogen-bond donors (Lipinski definition) is 0. The Morgan fingerprint density at radius 2 is 1.86 bits per heavy atom. The van der Waals surface area contributed by atoms with E-state index in [1.54, 1.807) is 0 Å². The molecule has 0 spiro atoms. The Kier molecular flexibility index (Phi) is 13.5. The molecular formula is C11H15BrMgO. The molecule has 0 bridgehead atoms. The van der Waals surface area contributed by atoms with Crippen LogP contribution < -0.4 is 21.7 Å². The van der Waals surface area contributed by atoms with Gasteiger partial charge in [-0.1, -0.05) is 19.8 Å². The fraction of sp³-hybridized carbons (Fsp3) is 0.455. The Labute approximate surface area is 113 Å². The molecule has 0 unspecified atom stereocenters. The van der Waals surface area contributed by atoms with Crippen molar-refractivity contribution in [1.82, 2.24) is 0 Å². The largest absolute Gasteiger partial charge is 2.00 e. The molecule has 3 heteroatoms. The topological polar surface area (TPSA) is 9.23 Å². The van der Waals surface area contributed by atoms with E-state index in [1.807, 2.05) is 24.3 Å². The molecule has 0 fully saturated rings. The van der Waals surface area contributed by atoms with Gasteiger partial charge in [0.2, 0.25) is 0 Å². The minimum absolute atomic E-state index is 0. The number of rotatable bonds is 5. The SMILES string of the molecule is CCCCCOc1cc[c-]cc1.[Br-].[Mg+2]. The minimum atomic E-state index is 0. The summed E-state index contributed by atoms with van der Waals surface area (Å²) in [6.45, 7) is 3.02. The van der Waals surface area contributed by atoms with E-state index >= 15 is 0 Å². The Balaban J connectivity index is 0. The standard InChI is InChI=1S/C11H15O.BrH.Mg/c1-2-3-7-10-12-11-8-5-4-6-9-11;;/h5-6,8-9H,2-3,7,10H2,1H3;1H;/q-1;;+2/p-1. The Bertz CT molecular complexity index is 204. The molecule has 1 aromatic carbocycles. The van der Waals surface area contributed by atoms with Gasteiger partial charge in [-0.2, -0.15) is 18.2 Å². The molecule has 0 radical (unpaired) electrons. The van der Waals surface area contributed by atoms with Crippen molar-refractivity contribution in [3.63, 3.8) is 0 Å². The van der Waals surface area contributed by atoms with E-state index < -0.39 is 0 Å². The second-order valence-electron chi connectivity index (χ2n) is 2.79. The van der Waals surface area contributed by atoms with Crippen molar-refractivity contribution in [3.8, 4) is 5.75 Å². The molecule has 0 saturated carbocycles. The van der Waals surface area contributed by atoms with Gasteiger partial charge in [0.25, 0.3) is 0 Å². The molecule has 74 valence electrons. The van der Waals surface area contributed by atoms with Crippen LogP contribution >= 0.6 is 0 Å². The number of unbranched alkanes of at least 4 members (excludes halogenated alkanes) is 2. The number of halogens is 1. The number of benzene rings is 1. The molecule has 1 aromatic rings. The number of hydrogen-bond acceptors (Lipinski definition) is 1. The van der Waals surface area contributed by atoms with Gasteiger partial charge in [-0.25, -0.2) is 0 Å². The van der Waals surface area contributed by atoms with Gasteiger partial charge in [0, 0.05) is 5.75 Å². The summed E-state index contributed by atoms with van der Waals surface area (Å²) < 4.78 is 5.49. The average Bonchev–Trinajstić information content (AvgIpc) is 2.14. The summed E-state index contributed by atoms with van der Waals surface area (Å²) in [6.07, 6.45) is 3.64. The molecule has 0 atom stereocenters. The average molecular weight is 267 g/mol. The molecule has 0 aromatic heterocycles. The maximum atomic E-state index is 5.49. The smallest absolute Gasteiger partial charge is 1.00 e. The summed E-state index contributed by atoms with van der Waals surface area (Å²) in [5.74, 6) is 0.949.